The van der Waals surface area contributed by atoms with E-state index in [1.807, 2.05) is 31.2 Å². The van der Waals surface area contributed by atoms with Gasteiger partial charge in [-0.25, -0.2) is 13.4 Å². The minimum Gasteiger partial charge on any atom is -0.469 e. The molecule has 0 bridgehead atoms. The molecule has 28 heavy (non-hydrogen) atoms. The van der Waals surface area contributed by atoms with Crippen LogP contribution in [0.5, 0.6) is 0 Å². The van der Waals surface area contributed by atoms with Gasteiger partial charge in [-0.05, 0) is 49.6 Å². The summed E-state index contributed by atoms with van der Waals surface area (Å²) < 4.78 is 28.8. The van der Waals surface area contributed by atoms with Crippen molar-refractivity contribution in [3.8, 4) is 0 Å². The van der Waals surface area contributed by atoms with Gasteiger partial charge in [0.2, 0.25) is 0 Å². The first-order chi connectivity index (χ1) is 12.8. The number of hydrogen-bond donors (Lipinski definition) is 2. The monoisotopic (exact) mass is 519 g/mol. The van der Waals surface area contributed by atoms with Crippen LogP contribution >= 0.6 is 24.0 Å². The first kappa shape index (κ1) is 24.5. The standard InChI is InChI=1S/C20H29N3O3S.HI/c1-5-16(3)23-20(21-11-10-18-7-6-12-26-18)22-14-17-8-9-19(15(2)13-17)27(4,24)25;/h6-9,12-13,16H,5,10-11,14H2,1-4H3,(H2,21,22,23);1H. The number of hydrogen-bond acceptors (Lipinski definition) is 4. The van der Waals surface area contributed by atoms with Crippen molar-refractivity contribution < 1.29 is 12.8 Å². The molecule has 0 spiro atoms. The summed E-state index contributed by atoms with van der Waals surface area (Å²) >= 11 is 0. The molecule has 2 aromatic rings. The summed E-state index contributed by atoms with van der Waals surface area (Å²) in [6.07, 6.45) is 4.66. The Kier molecular flexibility index (Phi) is 10.0. The van der Waals surface area contributed by atoms with Crippen molar-refractivity contribution in [2.24, 2.45) is 4.99 Å². The predicted octanol–water partition coefficient (Wildman–Crippen LogP) is 3.69. The Labute approximate surface area is 185 Å². The van der Waals surface area contributed by atoms with Gasteiger partial charge in [-0.3, -0.25) is 0 Å². The maximum Gasteiger partial charge on any atom is 0.191 e. The Balaban J connectivity index is 0.00000392. The third kappa shape index (κ3) is 7.83. The van der Waals surface area contributed by atoms with Crippen molar-refractivity contribution in [3.05, 3.63) is 53.5 Å². The van der Waals surface area contributed by atoms with Gasteiger partial charge in [0.1, 0.15) is 5.76 Å². The molecule has 1 aromatic heterocycles. The lowest BCUT2D eigenvalue weighted by atomic mass is 10.1. The molecule has 0 radical (unpaired) electrons. The number of guanidine groups is 1. The predicted molar refractivity (Wildman–Crippen MR) is 124 cm³/mol. The van der Waals surface area contributed by atoms with Crippen LogP contribution in [0, 0.1) is 6.92 Å². The molecular weight excluding hydrogens is 489 g/mol. The average molecular weight is 519 g/mol. The minimum atomic E-state index is -3.20. The number of rotatable bonds is 8. The Hall–Kier alpha value is -1.55. The molecule has 0 aliphatic heterocycles. The molecule has 156 valence electrons. The molecule has 1 unspecified atom stereocenters. The highest BCUT2D eigenvalue weighted by Gasteiger charge is 2.11. The normalized spacial score (nSPS) is 12.9. The summed E-state index contributed by atoms with van der Waals surface area (Å²) in [6, 6.07) is 9.48. The summed E-state index contributed by atoms with van der Waals surface area (Å²) in [7, 11) is -3.20. The van der Waals surface area contributed by atoms with Crippen LogP contribution < -0.4 is 10.6 Å². The molecular formula is C20H30IN3O3S. The van der Waals surface area contributed by atoms with Crippen LogP contribution in [-0.4, -0.2) is 33.2 Å². The molecule has 2 rings (SSSR count). The molecule has 0 saturated heterocycles. The van der Waals surface area contributed by atoms with Crippen LogP contribution in [0.4, 0.5) is 0 Å². The molecule has 0 aliphatic carbocycles. The van der Waals surface area contributed by atoms with Gasteiger partial charge in [0.15, 0.2) is 15.8 Å². The maximum atomic E-state index is 11.7. The van der Waals surface area contributed by atoms with Crippen LogP contribution in [0.15, 0.2) is 50.9 Å². The highest BCUT2D eigenvalue weighted by molar-refractivity contribution is 14.0. The van der Waals surface area contributed by atoms with Crippen LogP contribution in [0.2, 0.25) is 0 Å². The van der Waals surface area contributed by atoms with Gasteiger partial charge in [0, 0.05) is 25.3 Å². The number of halogens is 1. The zero-order valence-corrected chi connectivity index (χ0v) is 20.0. The van der Waals surface area contributed by atoms with Crippen LogP contribution in [-0.2, 0) is 22.8 Å². The van der Waals surface area contributed by atoms with E-state index < -0.39 is 9.84 Å². The van der Waals surface area contributed by atoms with E-state index >= 15 is 0 Å². The minimum absolute atomic E-state index is 0. The first-order valence-electron chi connectivity index (χ1n) is 9.16. The van der Waals surface area contributed by atoms with Crippen LogP contribution in [0.25, 0.3) is 0 Å². The maximum absolute atomic E-state index is 11.7. The van der Waals surface area contributed by atoms with E-state index in [-0.39, 0.29) is 24.0 Å². The van der Waals surface area contributed by atoms with Gasteiger partial charge in [-0.15, -0.1) is 24.0 Å². The van der Waals surface area contributed by atoms with E-state index in [2.05, 4.69) is 29.5 Å². The molecule has 2 N–H and O–H groups in total. The van der Waals surface area contributed by atoms with Crippen LogP contribution in [0.3, 0.4) is 0 Å². The number of nitrogens with zero attached hydrogens (tertiary/aromatic N) is 1. The highest BCUT2D eigenvalue weighted by Crippen LogP contribution is 2.17. The average Bonchev–Trinajstić information content (AvgIpc) is 3.11. The third-order valence-electron chi connectivity index (χ3n) is 4.30. The molecule has 0 saturated carbocycles. The summed E-state index contributed by atoms with van der Waals surface area (Å²) in [5, 5.41) is 6.71. The lowest BCUT2D eigenvalue weighted by Crippen LogP contribution is -2.42. The molecule has 1 atom stereocenters. The molecule has 0 fully saturated rings. The molecule has 6 nitrogen and oxygen atoms in total. The second-order valence-corrected chi connectivity index (χ2v) is 8.73. The van der Waals surface area contributed by atoms with E-state index in [9.17, 15) is 8.42 Å². The topological polar surface area (TPSA) is 83.7 Å². The number of nitrogens with one attached hydrogen (secondary N) is 2. The van der Waals surface area contributed by atoms with Crippen molar-refractivity contribution in [2.45, 2.75) is 51.1 Å². The summed E-state index contributed by atoms with van der Waals surface area (Å²) in [5.41, 5.74) is 1.71. The number of aryl methyl sites for hydroxylation is 1. The fraction of sp³-hybridized carbons (Fsp3) is 0.450. The number of benzene rings is 1. The van der Waals surface area contributed by atoms with E-state index in [1.54, 1.807) is 12.3 Å². The Morgan fingerprint density at radius 1 is 1.29 bits per heavy atom. The van der Waals surface area contributed by atoms with Gasteiger partial charge < -0.3 is 15.1 Å². The van der Waals surface area contributed by atoms with Crippen molar-refractivity contribution in [1.82, 2.24) is 10.6 Å². The Morgan fingerprint density at radius 3 is 2.61 bits per heavy atom. The van der Waals surface area contributed by atoms with Crippen molar-refractivity contribution in [3.63, 3.8) is 0 Å². The Morgan fingerprint density at radius 2 is 2.04 bits per heavy atom. The third-order valence-corrected chi connectivity index (χ3v) is 5.55. The number of sulfone groups is 1. The highest BCUT2D eigenvalue weighted by atomic mass is 127. The van der Waals surface area contributed by atoms with Gasteiger partial charge in [0.05, 0.1) is 17.7 Å². The molecule has 1 aromatic carbocycles. The number of furan rings is 1. The Bertz CT molecular complexity index is 865. The van der Waals surface area contributed by atoms with E-state index in [0.717, 1.165) is 35.7 Å². The fourth-order valence-electron chi connectivity index (χ4n) is 2.64. The quantitative estimate of drug-likeness (QED) is 0.316. The summed E-state index contributed by atoms with van der Waals surface area (Å²) in [5.74, 6) is 1.66. The van der Waals surface area contributed by atoms with Crippen molar-refractivity contribution in [1.29, 1.82) is 0 Å². The van der Waals surface area contributed by atoms with E-state index in [1.165, 1.54) is 6.26 Å². The van der Waals surface area contributed by atoms with Gasteiger partial charge in [-0.1, -0.05) is 19.1 Å². The second kappa shape index (κ2) is 11.5. The number of aliphatic imine (C=N–C) groups is 1. The van der Waals surface area contributed by atoms with Gasteiger partial charge in [0.25, 0.3) is 0 Å². The summed E-state index contributed by atoms with van der Waals surface area (Å²) in [6.45, 7) is 7.21. The zero-order valence-electron chi connectivity index (χ0n) is 16.9. The lowest BCUT2D eigenvalue weighted by molar-refractivity contribution is 0.506. The first-order valence-corrected chi connectivity index (χ1v) is 11.1. The molecule has 1 heterocycles. The van der Waals surface area contributed by atoms with Gasteiger partial charge >= 0.3 is 0 Å². The SMILES string of the molecule is CCC(C)NC(=NCc1ccc(S(C)(=O)=O)c(C)c1)NCCc1ccco1.I. The molecule has 0 amide bonds. The largest absolute Gasteiger partial charge is 0.469 e. The van der Waals surface area contributed by atoms with Crippen molar-refractivity contribution >= 4 is 39.8 Å². The van der Waals surface area contributed by atoms with Crippen LogP contribution in [0.1, 0.15) is 37.2 Å². The molecule has 8 heteroatoms. The smallest absolute Gasteiger partial charge is 0.191 e. The van der Waals surface area contributed by atoms with Gasteiger partial charge in [-0.2, -0.15) is 0 Å². The van der Waals surface area contributed by atoms with Crippen molar-refractivity contribution in [2.75, 3.05) is 12.8 Å². The lowest BCUT2D eigenvalue weighted by Gasteiger charge is -2.17. The van der Waals surface area contributed by atoms with E-state index in [0.29, 0.717) is 24.0 Å². The summed E-state index contributed by atoms with van der Waals surface area (Å²) in [4.78, 5) is 5.01. The fourth-order valence-corrected chi connectivity index (χ4v) is 3.60. The second-order valence-electron chi connectivity index (χ2n) is 6.75. The zero-order chi connectivity index (χ0) is 19.9. The van der Waals surface area contributed by atoms with E-state index in [4.69, 9.17) is 4.42 Å². The molecule has 0 aliphatic rings.